The second kappa shape index (κ2) is 9.92. The quantitative estimate of drug-likeness (QED) is 0.668. The fourth-order valence-electron chi connectivity index (χ4n) is 4.20. The van der Waals surface area contributed by atoms with Crippen molar-refractivity contribution in [1.29, 1.82) is 0 Å². The van der Waals surface area contributed by atoms with Crippen LogP contribution in [0, 0.1) is 0 Å². The Bertz CT molecular complexity index is 1180. The molecule has 2 saturated heterocycles. The summed E-state index contributed by atoms with van der Waals surface area (Å²) in [5, 5.41) is 2.73. The lowest BCUT2D eigenvalue weighted by molar-refractivity contribution is 0.102. The largest absolute Gasteiger partial charge is 0.322 e. The number of hydrogen-bond donors (Lipinski definition) is 1. The number of anilines is 1. The van der Waals surface area contributed by atoms with Crippen LogP contribution in [0.2, 0.25) is 0 Å². The monoisotopic (exact) mass is 491 g/mol. The molecule has 0 bridgehead atoms. The van der Waals surface area contributed by atoms with Gasteiger partial charge in [0.15, 0.2) is 0 Å². The first-order valence-electron chi connectivity index (χ1n) is 11.3. The lowest BCUT2D eigenvalue weighted by Gasteiger charge is -2.26. The van der Waals surface area contributed by atoms with Crippen LogP contribution in [0.25, 0.3) is 0 Å². The summed E-state index contributed by atoms with van der Waals surface area (Å²) in [5.74, 6) is -0.399. The van der Waals surface area contributed by atoms with Gasteiger partial charge in [0, 0.05) is 37.4 Å². The van der Waals surface area contributed by atoms with Crippen LogP contribution in [0.1, 0.15) is 48.9 Å². The molecular weight excluding hydrogens is 462 g/mol. The summed E-state index contributed by atoms with van der Waals surface area (Å²) in [4.78, 5) is 13.0. The second-order valence-corrected chi connectivity index (χ2v) is 12.3. The summed E-state index contributed by atoms with van der Waals surface area (Å²) in [6.07, 6.45) is 5.53. The van der Waals surface area contributed by atoms with Crippen molar-refractivity contribution in [3.05, 3.63) is 54.1 Å². The smallest absolute Gasteiger partial charge is 0.255 e. The van der Waals surface area contributed by atoms with Gasteiger partial charge in [-0.15, -0.1) is 0 Å². The first-order chi connectivity index (χ1) is 15.8. The van der Waals surface area contributed by atoms with E-state index in [1.165, 1.54) is 45.0 Å². The summed E-state index contributed by atoms with van der Waals surface area (Å²) >= 11 is 0. The number of carbonyl (C=O) groups is 1. The van der Waals surface area contributed by atoms with Crippen LogP contribution in [0.3, 0.4) is 0 Å². The van der Waals surface area contributed by atoms with E-state index in [0.717, 1.165) is 38.5 Å². The highest BCUT2D eigenvalue weighted by atomic mass is 32.2. The van der Waals surface area contributed by atoms with Crippen molar-refractivity contribution in [3.63, 3.8) is 0 Å². The van der Waals surface area contributed by atoms with Crippen LogP contribution in [-0.2, 0) is 20.0 Å². The molecule has 0 atom stereocenters. The number of sulfonamides is 2. The van der Waals surface area contributed by atoms with Crippen molar-refractivity contribution in [2.24, 2.45) is 0 Å². The summed E-state index contributed by atoms with van der Waals surface area (Å²) in [6.45, 7) is 2.11. The third-order valence-corrected chi connectivity index (χ3v) is 9.96. The number of hydrogen-bond acceptors (Lipinski definition) is 5. The number of carbonyl (C=O) groups excluding carboxylic acids is 1. The van der Waals surface area contributed by atoms with E-state index in [-0.39, 0.29) is 9.79 Å². The Morgan fingerprint density at radius 2 is 1.00 bits per heavy atom. The van der Waals surface area contributed by atoms with Crippen LogP contribution in [0.15, 0.2) is 58.3 Å². The topological polar surface area (TPSA) is 104 Å². The van der Waals surface area contributed by atoms with Crippen molar-refractivity contribution in [2.75, 3.05) is 31.5 Å². The average Bonchev–Trinajstić information content (AvgIpc) is 2.85. The normalized spacial score (nSPS) is 18.7. The molecular formula is C23H29N3O5S2. The molecule has 2 fully saturated rings. The average molecular weight is 492 g/mol. The summed E-state index contributed by atoms with van der Waals surface area (Å²) in [5.41, 5.74) is 0.778. The number of nitrogens with zero attached hydrogens (tertiary/aromatic N) is 2. The zero-order valence-electron chi connectivity index (χ0n) is 18.4. The van der Waals surface area contributed by atoms with E-state index in [1.807, 2.05) is 0 Å². The van der Waals surface area contributed by atoms with Gasteiger partial charge in [0.05, 0.1) is 9.79 Å². The molecule has 1 amide bonds. The molecule has 10 heteroatoms. The molecule has 0 unspecified atom stereocenters. The molecule has 0 radical (unpaired) electrons. The fourth-order valence-corrected chi connectivity index (χ4v) is 7.23. The standard InChI is InChI=1S/C23H29N3O5S2/c27-23(19-7-11-21(12-8-19)32(28,29)25-15-3-1-4-16-25)24-20-9-13-22(14-10-20)33(30,31)26-17-5-2-6-18-26/h7-14H,1-6,15-18H2,(H,24,27). The SMILES string of the molecule is O=C(Nc1ccc(S(=O)(=O)N2CCCCC2)cc1)c1ccc(S(=O)(=O)N2CCCCC2)cc1. The first kappa shape index (κ1) is 23.9. The molecule has 8 nitrogen and oxygen atoms in total. The van der Waals surface area contributed by atoms with E-state index in [1.54, 1.807) is 12.1 Å². The van der Waals surface area contributed by atoms with Gasteiger partial charge in [0.2, 0.25) is 20.0 Å². The molecule has 0 aliphatic carbocycles. The van der Waals surface area contributed by atoms with Gasteiger partial charge in [-0.1, -0.05) is 12.8 Å². The van der Waals surface area contributed by atoms with Crippen LogP contribution < -0.4 is 5.32 Å². The fraction of sp³-hybridized carbons (Fsp3) is 0.435. The second-order valence-electron chi connectivity index (χ2n) is 8.43. The molecule has 0 saturated carbocycles. The first-order valence-corrected chi connectivity index (χ1v) is 14.2. The van der Waals surface area contributed by atoms with Crippen molar-refractivity contribution >= 4 is 31.6 Å². The Hall–Kier alpha value is -2.27. The van der Waals surface area contributed by atoms with Gasteiger partial charge in [0.25, 0.3) is 5.91 Å². The van der Waals surface area contributed by atoms with Crippen molar-refractivity contribution in [1.82, 2.24) is 8.61 Å². The molecule has 2 aliphatic rings. The van der Waals surface area contributed by atoms with Crippen LogP contribution in [0.5, 0.6) is 0 Å². The zero-order valence-corrected chi connectivity index (χ0v) is 20.1. The van der Waals surface area contributed by atoms with E-state index >= 15 is 0 Å². The van der Waals surface area contributed by atoms with E-state index < -0.39 is 26.0 Å². The Kier molecular flexibility index (Phi) is 7.18. The summed E-state index contributed by atoms with van der Waals surface area (Å²) in [7, 11) is -7.08. The van der Waals surface area contributed by atoms with Gasteiger partial charge in [-0.2, -0.15) is 8.61 Å². The molecule has 178 valence electrons. The van der Waals surface area contributed by atoms with Crippen molar-refractivity contribution < 1.29 is 21.6 Å². The number of amides is 1. The Morgan fingerprint density at radius 1 is 0.606 bits per heavy atom. The Morgan fingerprint density at radius 3 is 1.42 bits per heavy atom. The molecule has 2 aromatic rings. The maximum absolute atomic E-state index is 12.8. The minimum atomic E-state index is -3.55. The predicted molar refractivity (Wildman–Crippen MR) is 126 cm³/mol. The van der Waals surface area contributed by atoms with Crippen LogP contribution in [0.4, 0.5) is 5.69 Å². The molecule has 4 rings (SSSR count). The van der Waals surface area contributed by atoms with E-state index in [9.17, 15) is 21.6 Å². The maximum atomic E-state index is 12.8. The highest BCUT2D eigenvalue weighted by Gasteiger charge is 2.27. The third-order valence-electron chi connectivity index (χ3n) is 6.13. The maximum Gasteiger partial charge on any atom is 0.255 e. The number of benzene rings is 2. The van der Waals surface area contributed by atoms with Gasteiger partial charge in [0.1, 0.15) is 0 Å². The van der Waals surface area contributed by atoms with Gasteiger partial charge < -0.3 is 5.32 Å². The molecule has 0 aromatic heterocycles. The predicted octanol–water partition coefficient (Wildman–Crippen LogP) is 3.29. The Labute approximate surface area is 195 Å². The van der Waals surface area contributed by atoms with E-state index in [2.05, 4.69) is 5.32 Å². The highest BCUT2D eigenvalue weighted by molar-refractivity contribution is 7.89. The lowest BCUT2D eigenvalue weighted by atomic mass is 10.2. The molecule has 33 heavy (non-hydrogen) atoms. The summed E-state index contributed by atoms with van der Waals surface area (Å²) < 4.78 is 54.0. The molecule has 2 heterocycles. The van der Waals surface area contributed by atoms with Gasteiger partial charge >= 0.3 is 0 Å². The molecule has 2 aromatic carbocycles. The lowest BCUT2D eigenvalue weighted by Crippen LogP contribution is -2.35. The minimum Gasteiger partial charge on any atom is -0.322 e. The van der Waals surface area contributed by atoms with Gasteiger partial charge in [-0.25, -0.2) is 16.8 Å². The van der Waals surface area contributed by atoms with Crippen molar-refractivity contribution in [3.8, 4) is 0 Å². The molecule has 2 aliphatic heterocycles. The summed E-state index contributed by atoms with van der Waals surface area (Å²) in [6, 6.07) is 12.0. The van der Waals surface area contributed by atoms with Crippen molar-refractivity contribution in [2.45, 2.75) is 48.3 Å². The third kappa shape index (κ3) is 5.29. The van der Waals surface area contributed by atoms with E-state index in [0.29, 0.717) is 37.4 Å². The van der Waals surface area contributed by atoms with Gasteiger partial charge in [-0.05, 0) is 74.2 Å². The van der Waals surface area contributed by atoms with Crippen LogP contribution in [-0.4, -0.2) is 57.5 Å². The highest BCUT2D eigenvalue weighted by Crippen LogP contribution is 2.23. The zero-order chi connectivity index (χ0) is 23.5. The van der Waals surface area contributed by atoms with Gasteiger partial charge in [-0.3, -0.25) is 4.79 Å². The molecule has 0 spiro atoms. The minimum absolute atomic E-state index is 0.174. The Balaban J connectivity index is 1.42. The number of piperidine rings is 2. The number of nitrogens with one attached hydrogen (secondary N) is 1. The molecule has 1 N–H and O–H groups in total. The number of rotatable bonds is 6. The van der Waals surface area contributed by atoms with Crippen LogP contribution >= 0.6 is 0 Å². The van der Waals surface area contributed by atoms with E-state index in [4.69, 9.17) is 0 Å².